The number of hydrogen-bond donors (Lipinski definition) is 0. The van der Waals surface area contributed by atoms with Crippen molar-refractivity contribution in [1.29, 1.82) is 0 Å². The van der Waals surface area contributed by atoms with Crippen LogP contribution in [0.3, 0.4) is 0 Å². The van der Waals surface area contributed by atoms with Crippen LogP contribution in [-0.4, -0.2) is 11.8 Å². The Kier molecular flexibility index (Phi) is 8.34. The van der Waals surface area contributed by atoms with Crippen LogP contribution < -0.4 is 9.84 Å². The van der Waals surface area contributed by atoms with Crippen LogP contribution in [0.15, 0.2) is 118 Å². The van der Waals surface area contributed by atoms with Gasteiger partial charge in [-0.3, -0.25) is 4.79 Å². The molecule has 2 aliphatic rings. The molecule has 0 fully saturated rings. The van der Waals surface area contributed by atoms with E-state index in [1.165, 1.54) is 0 Å². The maximum absolute atomic E-state index is 14.1. The van der Waals surface area contributed by atoms with Crippen molar-refractivity contribution in [2.75, 3.05) is 0 Å². The van der Waals surface area contributed by atoms with Crippen molar-refractivity contribution in [3.8, 4) is 5.75 Å². The topological polar surface area (TPSA) is 77.7 Å². The van der Waals surface area contributed by atoms with E-state index >= 15 is 0 Å². The fourth-order valence-electron chi connectivity index (χ4n) is 7.54. The van der Waals surface area contributed by atoms with E-state index in [2.05, 4.69) is 41.5 Å². The molecule has 252 valence electrons. The first kappa shape index (κ1) is 33.2. The summed E-state index contributed by atoms with van der Waals surface area (Å²) in [6, 6.07) is 26.0. The number of ketones is 1. The standard InChI is InChI=1S/C45H42O5/c1-7-21-44(3,4)37-25-29(33-19-17-27-13-9-11-15-31(27)41(33)49-37)23-35-39(43(47)48)36(40(35)46)24-30-26-38(45(5,6)22-8-2)50-42-32-16-12-10-14-28(32)18-20-34(30)42/h9-20,23-26H,7-8,21-22H2,1-6H3. The molecule has 5 nitrogen and oxygen atoms in total. The third kappa shape index (κ3) is 5.65. The normalized spacial score (nSPS) is 16.6. The van der Waals surface area contributed by atoms with Crippen molar-refractivity contribution in [3.05, 3.63) is 130 Å². The van der Waals surface area contributed by atoms with Crippen LogP contribution in [0.1, 0.15) is 84.1 Å². The van der Waals surface area contributed by atoms with Gasteiger partial charge in [-0.05, 0) is 79.5 Å². The Morgan fingerprint density at radius 1 is 0.800 bits per heavy atom. The van der Waals surface area contributed by atoms with E-state index in [1.54, 1.807) is 12.2 Å². The van der Waals surface area contributed by atoms with Crippen LogP contribution in [0, 0.1) is 5.41 Å². The molecule has 0 saturated carbocycles. The summed E-state index contributed by atoms with van der Waals surface area (Å²) < 4.78 is 13.2. The highest BCUT2D eigenvalue weighted by Gasteiger charge is 2.37. The smallest absolute Gasteiger partial charge is 0.368 e. The van der Waals surface area contributed by atoms with Crippen LogP contribution in [-0.2, 0) is 15.0 Å². The predicted molar refractivity (Wildman–Crippen MR) is 200 cm³/mol. The zero-order valence-corrected chi connectivity index (χ0v) is 29.6. The Morgan fingerprint density at radius 3 is 2.14 bits per heavy atom. The highest BCUT2D eigenvalue weighted by atomic mass is 16.5. The fraction of sp³-hybridized carbons (Fsp3) is 0.267. The molecule has 1 aromatic heterocycles. The third-order valence-corrected chi connectivity index (χ3v) is 10.3. The summed E-state index contributed by atoms with van der Waals surface area (Å²) >= 11 is 0. The van der Waals surface area contributed by atoms with Gasteiger partial charge in [0.2, 0.25) is 0 Å². The van der Waals surface area contributed by atoms with E-state index in [0.29, 0.717) is 11.3 Å². The average Bonchev–Trinajstić information content (AvgIpc) is 3.10. The second kappa shape index (κ2) is 12.5. The molecule has 5 aromatic rings. The number of carboxylic acids is 1. The summed E-state index contributed by atoms with van der Waals surface area (Å²) in [5.41, 5.74) is 2.57. The van der Waals surface area contributed by atoms with Gasteiger partial charge in [-0.2, -0.15) is 0 Å². The van der Waals surface area contributed by atoms with E-state index in [-0.39, 0.29) is 33.3 Å². The molecule has 0 radical (unpaired) electrons. The lowest BCUT2D eigenvalue weighted by Gasteiger charge is -2.32. The number of fused-ring (bicyclic) bond motifs is 6. The first-order valence-corrected chi connectivity index (χ1v) is 17.6. The number of aliphatic carboxylic acids is 1. The van der Waals surface area contributed by atoms with Gasteiger partial charge in [0.25, 0.3) is 0 Å². The second-order valence-electron chi connectivity index (χ2n) is 14.8. The summed E-state index contributed by atoms with van der Waals surface area (Å²) in [5.74, 6) is 0.550. The fourth-order valence-corrected chi connectivity index (χ4v) is 7.54. The number of hydrogen-bond acceptors (Lipinski definition) is 4. The van der Waals surface area contributed by atoms with E-state index in [1.807, 2.05) is 84.9 Å². The summed E-state index contributed by atoms with van der Waals surface area (Å²) in [4.78, 5) is 26.9. The predicted octanol–water partition coefficient (Wildman–Crippen LogP) is 10.3. The number of carbonyl (C=O) groups is 2. The molecule has 0 unspecified atom stereocenters. The molecule has 2 heterocycles. The maximum Gasteiger partial charge on any atom is 0.368 e. The van der Waals surface area contributed by atoms with Crippen LogP contribution in [0.2, 0.25) is 0 Å². The summed E-state index contributed by atoms with van der Waals surface area (Å²) in [7, 11) is 0. The van der Waals surface area contributed by atoms with E-state index < -0.39 is 5.97 Å². The lowest BCUT2D eigenvalue weighted by molar-refractivity contribution is -0.299. The number of benzene rings is 4. The van der Waals surface area contributed by atoms with Gasteiger partial charge in [-0.25, -0.2) is 4.42 Å². The Hall–Kier alpha value is -5.29. The molecule has 7 rings (SSSR count). The first-order valence-electron chi connectivity index (χ1n) is 17.6. The van der Waals surface area contributed by atoms with Gasteiger partial charge in [0.1, 0.15) is 11.5 Å². The average molecular weight is 663 g/mol. The molecule has 0 bridgehead atoms. The number of ether oxygens (including phenoxy) is 1. The van der Waals surface area contributed by atoms with Gasteiger partial charge in [0.15, 0.2) is 5.78 Å². The largest absolute Gasteiger partial charge is 0.545 e. The number of rotatable bonds is 9. The Morgan fingerprint density at radius 2 is 1.44 bits per heavy atom. The monoisotopic (exact) mass is 662 g/mol. The number of Topliss-reactive ketones (excluding diaryl/α,β-unsaturated/α-hetero) is 1. The van der Waals surface area contributed by atoms with E-state index in [9.17, 15) is 14.7 Å². The molecule has 0 spiro atoms. The molecule has 0 amide bonds. The molecule has 1 aliphatic heterocycles. The van der Waals surface area contributed by atoms with Crippen molar-refractivity contribution in [1.82, 2.24) is 0 Å². The third-order valence-electron chi connectivity index (χ3n) is 10.3. The minimum Gasteiger partial charge on any atom is -0.545 e. The minimum absolute atomic E-state index is 0.0943. The quantitative estimate of drug-likeness (QED) is 0.0892. The Labute approximate surface area is 293 Å². The SMILES string of the molecule is CCCC(C)(C)C1=C/C(=C\C2=C(C(=O)[O-])C(=C\c3cc(C(C)(C)CCC)[o+]c4c3ccc3ccccc34)/C2=O)c2ccc3ccccc3c2O1. The van der Waals surface area contributed by atoms with Crippen molar-refractivity contribution in [2.45, 2.75) is 72.6 Å². The summed E-state index contributed by atoms with van der Waals surface area (Å²) in [6.07, 6.45) is 9.09. The molecule has 5 heteroatoms. The molecular formula is C45H42O5. The van der Waals surface area contributed by atoms with Crippen molar-refractivity contribution >= 4 is 55.9 Å². The Balaban J connectivity index is 1.42. The van der Waals surface area contributed by atoms with Crippen molar-refractivity contribution in [3.63, 3.8) is 0 Å². The summed E-state index contributed by atoms with van der Waals surface area (Å²) in [6.45, 7) is 12.9. The van der Waals surface area contributed by atoms with Crippen molar-refractivity contribution in [2.24, 2.45) is 5.41 Å². The van der Waals surface area contributed by atoms with Gasteiger partial charge in [0, 0.05) is 44.7 Å². The van der Waals surface area contributed by atoms with Crippen LogP contribution in [0.25, 0.3) is 44.2 Å². The second-order valence-corrected chi connectivity index (χ2v) is 14.8. The van der Waals surface area contributed by atoms with Crippen LogP contribution in [0.4, 0.5) is 0 Å². The van der Waals surface area contributed by atoms with Crippen molar-refractivity contribution < 1.29 is 23.8 Å². The lowest BCUT2D eigenvalue weighted by Crippen LogP contribution is -2.35. The molecule has 50 heavy (non-hydrogen) atoms. The number of carboxylic acid groups (broad SMARTS) is 1. The van der Waals surface area contributed by atoms with Gasteiger partial charge in [-0.1, -0.05) is 95.1 Å². The maximum atomic E-state index is 14.1. The zero-order chi connectivity index (χ0) is 35.4. The Bertz CT molecular complexity index is 2360. The molecule has 0 atom stereocenters. The number of carbonyl (C=O) groups excluding carboxylic acids is 2. The highest BCUT2D eigenvalue weighted by molar-refractivity contribution is 6.32. The highest BCUT2D eigenvalue weighted by Crippen LogP contribution is 2.47. The van der Waals surface area contributed by atoms with Gasteiger partial charge >= 0.3 is 11.3 Å². The molecule has 0 saturated heterocycles. The summed E-state index contributed by atoms with van der Waals surface area (Å²) in [5, 5.41) is 17.6. The van der Waals surface area contributed by atoms with E-state index in [0.717, 1.165) is 80.8 Å². The van der Waals surface area contributed by atoms with Crippen LogP contribution >= 0.6 is 0 Å². The molecule has 0 N–H and O–H groups in total. The lowest BCUT2D eigenvalue weighted by atomic mass is 9.77. The number of allylic oxidation sites excluding steroid dienone is 5. The van der Waals surface area contributed by atoms with Gasteiger partial charge < -0.3 is 14.6 Å². The van der Waals surface area contributed by atoms with E-state index in [4.69, 9.17) is 9.15 Å². The minimum atomic E-state index is -1.38. The molecular weight excluding hydrogens is 620 g/mol. The molecule has 4 aromatic carbocycles. The molecule has 1 aliphatic carbocycles. The van der Waals surface area contributed by atoms with Gasteiger partial charge in [0.05, 0.1) is 22.2 Å². The zero-order valence-electron chi connectivity index (χ0n) is 29.6. The van der Waals surface area contributed by atoms with Gasteiger partial charge in [-0.15, -0.1) is 0 Å². The van der Waals surface area contributed by atoms with Crippen LogP contribution in [0.5, 0.6) is 5.75 Å². The first-order chi connectivity index (χ1) is 23.9.